The van der Waals surface area contributed by atoms with Gasteiger partial charge in [0.2, 0.25) is 0 Å². The van der Waals surface area contributed by atoms with Crippen molar-refractivity contribution in [2.24, 2.45) is 0 Å². The van der Waals surface area contributed by atoms with E-state index in [1.54, 1.807) is 0 Å². The van der Waals surface area contributed by atoms with Gasteiger partial charge in [0.25, 0.3) is 0 Å². The van der Waals surface area contributed by atoms with E-state index in [2.05, 4.69) is 17.1 Å². The molecule has 0 aromatic rings. The third kappa shape index (κ3) is 3.45. The average Bonchev–Trinajstić information content (AvgIpc) is 2.31. The molecule has 106 valence electrons. The molecule has 1 N–H and O–H groups in total. The summed E-state index contributed by atoms with van der Waals surface area (Å²) < 4.78 is 22.8. The summed E-state index contributed by atoms with van der Waals surface area (Å²) in [5, 5.41) is 3.58. The molecular weight excluding hydrogens is 248 g/mol. The lowest BCUT2D eigenvalue weighted by molar-refractivity contribution is 0.0178. The van der Waals surface area contributed by atoms with Crippen molar-refractivity contribution >= 4 is 9.84 Å². The molecule has 0 bridgehead atoms. The van der Waals surface area contributed by atoms with Gasteiger partial charge in [-0.1, -0.05) is 19.3 Å². The number of nitrogens with zero attached hydrogens (tertiary/aromatic N) is 1. The summed E-state index contributed by atoms with van der Waals surface area (Å²) in [6.07, 6.45) is 7.67. The Morgan fingerprint density at radius 3 is 2.56 bits per heavy atom. The Labute approximate surface area is 111 Å². The van der Waals surface area contributed by atoms with E-state index in [9.17, 15) is 8.42 Å². The van der Waals surface area contributed by atoms with Gasteiger partial charge < -0.3 is 5.32 Å². The lowest BCUT2D eigenvalue weighted by Crippen LogP contribution is -2.65. The molecule has 4 nitrogen and oxygen atoms in total. The third-order valence-corrected chi connectivity index (χ3v) is 5.39. The van der Waals surface area contributed by atoms with E-state index in [0.29, 0.717) is 18.3 Å². The predicted octanol–water partition coefficient (Wildman–Crippen LogP) is 1.03. The maximum atomic E-state index is 11.4. The summed E-state index contributed by atoms with van der Waals surface area (Å²) in [5.74, 6) is 0.293. The number of sulfone groups is 1. The summed E-state index contributed by atoms with van der Waals surface area (Å²) in [6.45, 7) is 4.89. The van der Waals surface area contributed by atoms with Gasteiger partial charge >= 0.3 is 0 Å². The van der Waals surface area contributed by atoms with E-state index in [0.717, 1.165) is 13.1 Å². The standard InChI is InChI=1S/C13H26N2O2S/c1-12-10-15(8-9-18(2,16)17)13(11-14-12)6-4-3-5-7-13/h12,14H,3-11H2,1-2H3. The summed E-state index contributed by atoms with van der Waals surface area (Å²) in [5.41, 5.74) is 0.232. The van der Waals surface area contributed by atoms with Crippen LogP contribution in [0.5, 0.6) is 0 Å². The van der Waals surface area contributed by atoms with Gasteiger partial charge in [-0.15, -0.1) is 0 Å². The lowest BCUT2D eigenvalue weighted by atomic mass is 9.78. The highest BCUT2D eigenvalue weighted by Crippen LogP contribution is 2.35. The van der Waals surface area contributed by atoms with Crippen LogP contribution < -0.4 is 5.32 Å². The molecule has 0 amide bonds. The highest BCUT2D eigenvalue weighted by atomic mass is 32.2. The first-order valence-corrected chi connectivity index (χ1v) is 9.14. The summed E-state index contributed by atoms with van der Waals surface area (Å²) in [7, 11) is -2.86. The van der Waals surface area contributed by atoms with Crippen molar-refractivity contribution in [2.45, 2.75) is 50.6 Å². The van der Waals surface area contributed by atoms with Crippen LogP contribution in [0.4, 0.5) is 0 Å². The van der Waals surface area contributed by atoms with Crippen LogP contribution >= 0.6 is 0 Å². The first-order valence-electron chi connectivity index (χ1n) is 7.07. The molecule has 1 atom stereocenters. The van der Waals surface area contributed by atoms with Crippen LogP contribution in [0.15, 0.2) is 0 Å². The predicted molar refractivity (Wildman–Crippen MR) is 74.6 cm³/mol. The lowest BCUT2D eigenvalue weighted by Gasteiger charge is -2.51. The monoisotopic (exact) mass is 274 g/mol. The SMILES string of the molecule is CC1CN(CCS(C)(=O)=O)C2(CCCCC2)CN1. The van der Waals surface area contributed by atoms with Gasteiger partial charge in [0.05, 0.1) is 5.75 Å². The van der Waals surface area contributed by atoms with Crippen LogP contribution in [-0.2, 0) is 9.84 Å². The molecule has 1 aliphatic heterocycles. The normalized spacial score (nSPS) is 29.6. The third-order valence-electron chi connectivity index (χ3n) is 4.46. The molecule has 1 saturated carbocycles. The van der Waals surface area contributed by atoms with Crippen LogP contribution in [-0.4, -0.2) is 56.5 Å². The highest BCUT2D eigenvalue weighted by molar-refractivity contribution is 7.90. The number of hydrogen-bond acceptors (Lipinski definition) is 4. The molecule has 0 radical (unpaired) electrons. The smallest absolute Gasteiger partial charge is 0.148 e. The van der Waals surface area contributed by atoms with Crippen molar-refractivity contribution in [1.29, 1.82) is 0 Å². The van der Waals surface area contributed by atoms with Gasteiger partial charge in [0, 0.05) is 37.5 Å². The molecule has 1 heterocycles. The first-order chi connectivity index (χ1) is 8.41. The molecule has 1 unspecified atom stereocenters. The fourth-order valence-corrected chi connectivity index (χ4v) is 3.92. The van der Waals surface area contributed by atoms with E-state index in [1.807, 2.05) is 0 Å². The van der Waals surface area contributed by atoms with Crippen molar-refractivity contribution in [3.8, 4) is 0 Å². The number of rotatable bonds is 3. The van der Waals surface area contributed by atoms with Crippen molar-refractivity contribution in [1.82, 2.24) is 10.2 Å². The van der Waals surface area contributed by atoms with Crippen LogP contribution in [0.25, 0.3) is 0 Å². The van der Waals surface area contributed by atoms with Gasteiger partial charge in [-0.05, 0) is 19.8 Å². The van der Waals surface area contributed by atoms with Crippen molar-refractivity contribution in [3.05, 3.63) is 0 Å². The molecule has 1 saturated heterocycles. The Morgan fingerprint density at radius 2 is 1.94 bits per heavy atom. The molecule has 18 heavy (non-hydrogen) atoms. The molecular formula is C13H26N2O2S. The minimum absolute atomic E-state index is 0.232. The minimum atomic E-state index is -2.86. The van der Waals surface area contributed by atoms with Crippen molar-refractivity contribution < 1.29 is 8.42 Å². The van der Waals surface area contributed by atoms with E-state index >= 15 is 0 Å². The second kappa shape index (κ2) is 5.47. The number of piperazine rings is 1. The fraction of sp³-hybridized carbons (Fsp3) is 1.00. The molecule has 0 aromatic heterocycles. The van der Waals surface area contributed by atoms with E-state index in [1.165, 1.54) is 38.4 Å². The minimum Gasteiger partial charge on any atom is -0.311 e. The van der Waals surface area contributed by atoms with Gasteiger partial charge in [0.15, 0.2) is 0 Å². The molecule has 1 aliphatic carbocycles. The number of nitrogens with one attached hydrogen (secondary N) is 1. The second-order valence-corrected chi connectivity index (χ2v) is 8.40. The highest BCUT2D eigenvalue weighted by Gasteiger charge is 2.41. The second-order valence-electron chi connectivity index (χ2n) is 6.14. The van der Waals surface area contributed by atoms with Crippen molar-refractivity contribution in [3.63, 3.8) is 0 Å². The molecule has 0 aromatic carbocycles. The average molecular weight is 274 g/mol. The Bertz CT molecular complexity index is 374. The quantitative estimate of drug-likeness (QED) is 0.835. The summed E-state index contributed by atoms with van der Waals surface area (Å²) in [6, 6.07) is 0.470. The first kappa shape index (κ1) is 14.3. The van der Waals surface area contributed by atoms with Crippen molar-refractivity contribution in [2.75, 3.05) is 31.6 Å². The van der Waals surface area contributed by atoms with Gasteiger partial charge in [-0.25, -0.2) is 8.42 Å². The fourth-order valence-electron chi connectivity index (χ4n) is 3.37. The Balaban J connectivity index is 2.05. The van der Waals surface area contributed by atoms with E-state index in [-0.39, 0.29) is 5.54 Å². The summed E-state index contributed by atoms with van der Waals surface area (Å²) >= 11 is 0. The van der Waals surface area contributed by atoms with Crippen LogP contribution in [0.1, 0.15) is 39.0 Å². The maximum absolute atomic E-state index is 11.4. The van der Waals surface area contributed by atoms with Crippen LogP contribution in [0, 0.1) is 0 Å². The zero-order valence-electron chi connectivity index (χ0n) is 11.6. The Morgan fingerprint density at radius 1 is 1.28 bits per heavy atom. The molecule has 1 spiro atoms. The molecule has 5 heteroatoms. The van der Waals surface area contributed by atoms with Gasteiger partial charge in [-0.3, -0.25) is 4.90 Å². The Kier molecular flexibility index (Phi) is 4.34. The maximum Gasteiger partial charge on any atom is 0.148 e. The zero-order valence-corrected chi connectivity index (χ0v) is 12.4. The van der Waals surface area contributed by atoms with Crippen LogP contribution in [0.2, 0.25) is 0 Å². The zero-order chi connectivity index (χ0) is 13.2. The van der Waals surface area contributed by atoms with E-state index < -0.39 is 9.84 Å². The molecule has 2 aliphatic rings. The topological polar surface area (TPSA) is 49.4 Å². The van der Waals surface area contributed by atoms with Gasteiger partial charge in [-0.2, -0.15) is 0 Å². The van der Waals surface area contributed by atoms with E-state index in [4.69, 9.17) is 0 Å². The molecule has 2 fully saturated rings. The summed E-state index contributed by atoms with van der Waals surface area (Å²) in [4.78, 5) is 2.45. The largest absolute Gasteiger partial charge is 0.311 e. The van der Waals surface area contributed by atoms with Crippen LogP contribution in [0.3, 0.4) is 0 Å². The Hall–Kier alpha value is -0.130. The molecule has 2 rings (SSSR count). The van der Waals surface area contributed by atoms with Gasteiger partial charge in [0.1, 0.15) is 9.84 Å². The number of hydrogen-bond donors (Lipinski definition) is 1.